The number of hydrogen-bond donors (Lipinski definition) is 3. The molecule has 2 aromatic carbocycles. The minimum Gasteiger partial charge on any atom is -0.338 e. The van der Waals surface area contributed by atoms with Crippen molar-refractivity contribution in [1.82, 2.24) is 35.6 Å². The van der Waals surface area contributed by atoms with Crippen molar-refractivity contribution >= 4 is 22.6 Å². The number of para-hydroxylation sites is 1. The van der Waals surface area contributed by atoms with Gasteiger partial charge in [0.25, 0.3) is 5.91 Å². The van der Waals surface area contributed by atoms with Crippen LogP contribution in [0.5, 0.6) is 0 Å². The number of nitrogens with zero attached hydrogens (tertiary/aromatic N) is 5. The molecule has 1 amide bonds. The highest BCUT2D eigenvalue weighted by Crippen LogP contribution is 2.25. The first-order valence-electron chi connectivity index (χ1n) is 8.82. The quantitative estimate of drug-likeness (QED) is 0.439. The third-order valence-corrected chi connectivity index (χ3v) is 4.45. The van der Waals surface area contributed by atoms with Crippen LogP contribution in [0.3, 0.4) is 0 Å². The summed E-state index contributed by atoms with van der Waals surface area (Å²) in [6.07, 6.45) is 3.25. The van der Waals surface area contributed by atoms with Gasteiger partial charge in [-0.25, -0.2) is 10.1 Å². The third-order valence-electron chi connectivity index (χ3n) is 4.45. The van der Waals surface area contributed by atoms with Gasteiger partial charge >= 0.3 is 0 Å². The summed E-state index contributed by atoms with van der Waals surface area (Å²) in [4.78, 5) is 24.7. The number of pyridine rings is 1. The molecule has 5 aromatic rings. The molecule has 3 N–H and O–H groups in total. The van der Waals surface area contributed by atoms with Crippen LogP contribution in [0.15, 0.2) is 67.0 Å². The number of benzene rings is 2. The number of carbonyl (C=O) groups is 1. The molecule has 3 heterocycles. The summed E-state index contributed by atoms with van der Waals surface area (Å²) in [6.45, 7) is 0. The summed E-state index contributed by atoms with van der Waals surface area (Å²) >= 11 is 0. The SMILES string of the molecule is O=C(Nc1cccnc1)c1cccc2[nH]c(-c3ccc(-c4nnn[nH]4)cc3)nc12. The number of nitrogens with one attached hydrogen (secondary N) is 3. The predicted molar refractivity (Wildman–Crippen MR) is 107 cm³/mol. The molecule has 0 saturated heterocycles. The standard InChI is InChI=1S/C20H14N8O/c29-20(22-14-3-2-10-21-11-14)15-4-1-5-16-17(15)24-18(23-16)12-6-8-13(9-7-12)19-25-27-28-26-19/h1-11H,(H,22,29)(H,23,24)(H,25,26,27,28). The first-order chi connectivity index (χ1) is 14.3. The Kier molecular flexibility index (Phi) is 4.02. The lowest BCUT2D eigenvalue weighted by atomic mass is 10.1. The zero-order chi connectivity index (χ0) is 19.6. The van der Waals surface area contributed by atoms with E-state index in [0.29, 0.717) is 28.4 Å². The molecule has 3 aromatic heterocycles. The van der Waals surface area contributed by atoms with Gasteiger partial charge in [0.05, 0.1) is 23.0 Å². The Labute approximate surface area is 164 Å². The van der Waals surface area contributed by atoms with E-state index in [-0.39, 0.29) is 5.91 Å². The van der Waals surface area contributed by atoms with Gasteiger partial charge in [0, 0.05) is 17.3 Å². The van der Waals surface area contributed by atoms with E-state index in [1.165, 1.54) is 0 Å². The number of aromatic nitrogens is 7. The highest BCUT2D eigenvalue weighted by molar-refractivity contribution is 6.11. The number of tetrazole rings is 1. The molecular formula is C20H14N8O. The van der Waals surface area contributed by atoms with Crippen LogP contribution in [0.25, 0.3) is 33.8 Å². The summed E-state index contributed by atoms with van der Waals surface area (Å²) in [5, 5.41) is 16.6. The zero-order valence-electron chi connectivity index (χ0n) is 15.0. The lowest BCUT2D eigenvalue weighted by molar-refractivity contribution is 0.102. The van der Waals surface area contributed by atoms with Crippen molar-refractivity contribution < 1.29 is 4.79 Å². The molecule has 9 nitrogen and oxygen atoms in total. The Morgan fingerprint density at radius 2 is 1.76 bits per heavy atom. The summed E-state index contributed by atoms with van der Waals surface area (Å²) in [5.74, 6) is 1.02. The van der Waals surface area contributed by atoms with E-state index in [9.17, 15) is 4.79 Å². The topological polar surface area (TPSA) is 125 Å². The molecule has 5 rings (SSSR count). The highest BCUT2D eigenvalue weighted by Gasteiger charge is 2.15. The second-order valence-electron chi connectivity index (χ2n) is 6.31. The first-order valence-corrected chi connectivity index (χ1v) is 8.82. The maximum atomic E-state index is 12.7. The lowest BCUT2D eigenvalue weighted by Gasteiger charge is -2.04. The number of anilines is 1. The van der Waals surface area contributed by atoms with Crippen LogP contribution in [0.4, 0.5) is 5.69 Å². The molecule has 29 heavy (non-hydrogen) atoms. The Morgan fingerprint density at radius 3 is 2.48 bits per heavy atom. The van der Waals surface area contributed by atoms with Crippen LogP contribution < -0.4 is 5.32 Å². The minimum atomic E-state index is -0.241. The fourth-order valence-electron chi connectivity index (χ4n) is 3.05. The molecule has 140 valence electrons. The average molecular weight is 382 g/mol. The normalized spacial score (nSPS) is 10.9. The molecule has 0 aliphatic rings. The summed E-state index contributed by atoms with van der Waals surface area (Å²) < 4.78 is 0. The van der Waals surface area contributed by atoms with Crippen LogP contribution in [-0.4, -0.2) is 41.5 Å². The van der Waals surface area contributed by atoms with Gasteiger partial charge in [-0.3, -0.25) is 9.78 Å². The van der Waals surface area contributed by atoms with Gasteiger partial charge < -0.3 is 10.3 Å². The number of H-pyrrole nitrogens is 2. The van der Waals surface area contributed by atoms with E-state index in [1.807, 2.05) is 36.4 Å². The molecule has 0 aliphatic carbocycles. The minimum absolute atomic E-state index is 0.241. The van der Waals surface area contributed by atoms with Crippen molar-refractivity contribution in [3.05, 3.63) is 72.6 Å². The molecule has 0 fully saturated rings. The first kappa shape index (κ1) is 16.8. The summed E-state index contributed by atoms with van der Waals surface area (Å²) in [5.41, 5.74) is 4.25. The van der Waals surface area contributed by atoms with Gasteiger partial charge in [-0.1, -0.05) is 30.3 Å². The van der Waals surface area contributed by atoms with E-state index >= 15 is 0 Å². The molecule has 0 spiro atoms. The number of hydrogen-bond acceptors (Lipinski definition) is 6. The molecule has 0 aliphatic heterocycles. The summed E-state index contributed by atoms with van der Waals surface area (Å²) in [6, 6.07) is 16.7. The van der Waals surface area contributed by atoms with Crippen molar-refractivity contribution in [2.45, 2.75) is 0 Å². The highest BCUT2D eigenvalue weighted by atomic mass is 16.1. The van der Waals surface area contributed by atoms with Gasteiger partial charge in [-0.15, -0.1) is 5.10 Å². The molecule has 0 atom stereocenters. The number of rotatable bonds is 4. The molecule has 0 radical (unpaired) electrons. The van der Waals surface area contributed by atoms with Crippen LogP contribution in [0.2, 0.25) is 0 Å². The van der Waals surface area contributed by atoms with Gasteiger partial charge in [0.15, 0.2) is 5.82 Å². The third kappa shape index (κ3) is 3.21. The maximum Gasteiger partial charge on any atom is 0.257 e. The molecule has 0 bridgehead atoms. The molecule has 0 unspecified atom stereocenters. The van der Waals surface area contributed by atoms with E-state index in [1.54, 1.807) is 30.6 Å². The number of fused-ring (bicyclic) bond motifs is 1. The van der Waals surface area contributed by atoms with Crippen LogP contribution in [-0.2, 0) is 0 Å². The number of carbonyl (C=O) groups excluding carboxylic acids is 1. The summed E-state index contributed by atoms with van der Waals surface area (Å²) in [7, 11) is 0. The number of imidazole rings is 1. The second kappa shape index (κ2) is 6.97. The van der Waals surface area contributed by atoms with Crippen LogP contribution in [0.1, 0.15) is 10.4 Å². The maximum absolute atomic E-state index is 12.7. The van der Waals surface area contributed by atoms with E-state index < -0.39 is 0 Å². The molecule has 9 heteroatoms. The zero-order valence-corrected chi connectivity index (χ0v) is 15.0. The smallest absolute Gasteiger partial charge is 0.257 e. The van der Waals surface area contributed by atoms with Gasteiger partial charge in [0.2, 0.25) is 0 Å². The van der Waals surface area contributed by atoms with Crippen LogP contribution in [0, 0.1) is 0 Å². The molecular weight excluding hydrogens is 368 g/mol. The Hall–Kier alpha value is -4.40. The van der Waals surface area contributed by atoms with E-state index in [4.69, 9.17) is 0 Å². The van der Waals surface area contributed by atoms with Gasteiger partial charge in [-0.05, 0) is 34.7 Å². The second-order valence-corrected chi connectivity index (χ2v) is 6.31. The van der Waals surface area contributed by atoms with Gasteiger partial charge in [-0.2, -0.15) is 0 Å². The van der Waals surface area contributed by atoms with Crippen molar-refractivity contribution in [1.29, 1.82) is 0 Å². The Bertz CT molecular complexity index is 1280. The Morgan fingerprint density at radius 1 is 0.931 bits per heavy atom. The monoisotopic (exact) mass is 382 g/mol. The van der Waals surface area contributed by atoms with Gasteiger partial charge in [0.1, 0.15) is 11.3 Å². The van der Waals surface area contributed by atoms with E-state index in [0.717, 1.165) is 16.6 Å². The number of aromatic amines is 2. The van der Waals surface area contributed by atoms with Crippen molar-refractivity contribution in [3.8, 4) is 22.8 Å². The fraction of sp³-hybridized carbons (Fsp3) is 0. The Balaban J connectivity index is 1.48. The predicted octanol–water partition coefficient (Wildman–Crippen LogP) is 3.06. The number of amides is 1. The van der Waals surface area contributed by atoms with Crippen LogP contribution >= 0.6 is 0 Å². The largest absolute Gasteiger partial charge is 0.338 e. The average Bonchev–Trinajstić information content (AvgIpc) is 3.44. The molecule has 0 saturated carbocycles. The van der Waals surface area contributed by atoms with Crippen molar-refractivity contribution in [2.75, 3.05) is 5.32 Å². The fourth-order valence-corrected chi connectivity index (χ4v) is 3.05. The van der Waals surface area contributed by atoms with Crippen molar-refractivity contribution in [3.63, 3.8) is 0 Å². The van der Waals surface area contributed by atoms with Crippen molar-refractivity contribution in [2.24, 2.45) is 0 Å². The lowest BCUT2D eigenvalue weighted by Crippen LogP contribution is -2.12. The van der Waals surface area contributed by atoms with E-state index in [2.05, 4.69) is 40.9 Å².